The molecule has 2 aromatic rings. The zero-order valence-corrected chi connectivity index (χ0v) is 14.1. The highest BCUT2D eigenvalue weighted by molar-refractivity contribution is 9.10. The number of hydrogen-bond donors (Lipinski definition) is 1. The molecule has 0 aliphatic heterocycles. The van der Waals surface area contributed by atoms with Crippen LogP contribution in [0.4, 0.5) is 0 Å². The quantitative estimate of drug-likeness (QED) is 0.897. The van der Waals surface area contributed by atoms with Gasteiger partial charge in [-0.2, -0.15) is 5.10 Å². The van der Waals surface area contributed by atoms with Crippen LogP contribution >= 0.6 is 15.9 Å². The van der Waals surface area contributed by atoms with Crippen molar-refractivity contribution in [2.24, 2.45) is 0 Å². The van der Waals surface area contributed by atoms with Gasteiger partial charge < -0.3 is 5.32 Å². The van der Waals surface area contributed by atoms with E-state index < -0.39 is 0 Å². The zero-order chi connectivity index (χ0) is 15.4. The van der Waals surface area contributed by atoms with E-state index in [1.807, 2.05) is 44.2 Å². The highest BCUT2D eigenvalue weighted by Gasteiger charge is 2.15. The molecule has 4 nitrogen and oxygen atoms in total. The summed E-state index contributed by atoms with van der Waals surface area (Å²) < 4.78 is 2.69. The maximum Gasteiger partial charge on any atom is 0.242 e. The van der Waals surface area contributed by atoms with Crippen LogP contribution in [0.25, 0.3) is 0 Å². The van der Waals surface area contributed by atoms with E-state index in [9.17, 15) is 4.79 Å². The van der Waals surface area contributed by atoms with Crippen LogP contribution in [-0.4, -0.2) is 15.7 Å². The average Bonchev–Trinajstić information content (AvgIpc) is 2.73. The third-order valence-electron chi connectivity index (χ3n) is 3.53. The Hall–Kier alpha value is -1.62. The lowest BCUT2D eigenvalue weighted by Crippen LogP contribution is -2.31. The molecule has 1 N–H and O–H groups in total. The van der Waals surface area contributed by atoms with Gasteiger partial charge in [-0.3, -0.25) is 9.48 Å². The predicted molar refractivity (Wildman–Crippen MR) is 87.0 cm³/mol. The minimum atomic E-state index is -0.0243. The van der Waals surface area contributed by atoms with Gasteiger partial charge in [-0.25, -0.2) is 0 Å². The summed E-state index contributed by atoms with van der Waals surface area (Å²) in [5, 5.41) is 7.44. The summed E-state index contributed by atoms with van der Waals surface area (Å²) in [5.74, 6) is -0.0243. The molecule has 0 aliphatic carbocycles. The summed E-state index contributed by atoms with van der Waals surface area (Å²) in [4.78, 5) is 12.2. The highest BCUT2D eigenvalue weighted by atomic mass is 79.9. The van der Waals surface area contributed by atoms with Crippen molar-refractivity contribution in [2.75, 3.05) is 0 Å². The van der Waals surface area contributed by atoms with Gasteiger partial charge in [0.2, 0.25) is 5.91 Å². The van der Waals surface area contributed by atoms with E-state index in [2.05, 4.69) is 33.3 Å². The Balaban J connectivity index is 2.05. The molecule has 0 spiro atoms. The molecule has 112 valence electrons. The van der Waals surface area contributed by atoms with Crippen LogP contribution in [0, 0.1) is 13.8 Å². The molecule has 1 amide bonds. The van der Waals surface area contributed by atoms with Crippen LogP contribution in [-0.2, 0) is 11.3 Å². The first kappa shape index (κ1) is 15.8. The normalized spacial score (nSPS) is 12.2. The lowest BCUT2D eigenvalue weighted by atomic mass is 10.0. The number of nitrogens with one attached hydrogen (secondary N) is 1. The number of hydrogen-bond acceptors (Lipinski definition) is 2. The first-order chi connectivity index (χ1) is 10.0. The Kier molecular flexibility index (Phi) is 5.17. The van der Waals surface area contributed by atoms with Crippen LogP contribution in [0.5, 0.6) is 0 Å². The summed E-state index contributed by atoms with van der Waals surface area (Å²) in [5.41, 5.74) is 2.99. The van der Waals surface area contributed by atoms with Crippen molar-refractivity contribution in [2.45, 2.75) is 39.8 Å². The molecule has 1 heterocycles. The molecular weight excluding hydrogens is 330 g/mol. The van der Waals surface area contributed by atoms with Gasteiger partial charge in [0, 0.05) is 0 Å². The van der Waals surface area contributed by atoms with Gasteiger partial charge >= 0.3 is 0 Å². The third kappa shape index (κ3) is 3.73. The van der Waals surface area contributed by atoms with Gasteiger partial charge in [-0.05, 0) is 41.8 Å². The second-order valence-electron chi connectivity index (χ2n) is 5.08. The van der Waals surface area contributed by atoms with Gasteiger partial charge in [0.05, 0.1) is 21.9 Å². The van der Waals surface area contributed by atoms with Crippen LogP contribution in [0.1, 0.15) is 36.3 Å². The summed E-state index contributed by atoms with van der Waals surface area (Å²) in [7, 11) is 0. The van der Waals surface area contributed by atoms with Crippen molar-refractivity contribution in [1.29, 1.82) is 0 Å². The van der Waals surface area contributed by atoms with Crippen molar-refractivity contribution >= 4 is 21.8 Å². The Labute approximate surface area is 133 Å². The zero-order valence-electron chi connectivity index (χ0n) is 12.6. The van der Waals surface area contributed by atoms with Crippen molar-refractivity contribution in [3.05, 3.63) is 51.8 Å². The van der Waals surface area contributed by atoms with E-state index in [4.69, 9.17) is 0 Å². The van der Waals surface area contributed by atoms with Crippen LogP contribution < -0.4 is 5.32 Å². The smallest absolute Gasteiger partial charge is 0.242 e. The third-order valence-corrected chi connectivity index (χ3v) is 4.68. The SMILES string of the molecule is CCC(NC(=O)Cn1nc(C)c(Br)c1C)c1ccccc1. The molecule has 0 saturated carbocycles. The molecule has 0 bridgehead atoms. The Morgan fingerprint density at radius 2 is 2.00 bits per heavy atom. The maximum atomic E-state index is 12.2. The Morgan fingerprint density at radius 1 is 1.33 bits per heavy atom. The average molecular weight is 350 g/mol. The van der Waals surface area contributed by atoms with E-state index in [1.165, 1.54) is 0 Å². The summed E-state index contributed by atoms with van der Waals surface area (Å²) in [6.45, 7) is 6.18. The first-order valence-corrected chi connectivity index (χ1v) is 7.86. The van der Waals surface area contributed by atoms with E-state index in [0.717, 1.165) is 27.8 Å². The van der Waals surface area contributed by atoms with E-state index in [1.54, 1.807) is 4.68 Å². The Bertz CT molecular complexity index is 622. The highest BCUT2D eigenvalue weighted by Crippen LogP contribution is 2.20. The molecule has 0 saturated heterocycles. The maximum absolute atomic E-state index is 12.2. The van der Waals surface area contributed by atoms with Crippen molar-refractivity contribution in [3.63, 3.8) is 0 Å². The first-order valence-electron chi connectivity index (χ1n) is 7.06. The number of aryl methyl sites for hydroxylation is 1. The molecule has 2 rings (SSSR count). The van der Waals surface area contributed by atoms with Gasteiger partial charge in [0.15, 0.2) is 0 Å². The number of benzene rings is 1. The summed E-state index contributed by atoms with van der Waals surface area (Å²) in [6, 6.07) is 10.1. The second kappa shape index (κ2) is 6.89. The lowest BCUT2D eigenvalue weighted by molar-refractivity contribution is -0.122. The van der Waals surface area contributed by atoms with E-state index >= 15 is 0 Å². The molecule has 21 heavy (non-hydrogen) atoms. The minimum absolute atomic E-state index is 0.0243. The van der Waals surface area contributed by atoms with Crippen molar-refractivity contribution < 1.29 is 4.79 Å². The van der Waals surface area contributed by atoms with Gasteiger partial charge in [0.1, 0.15) is 6.54 Å². The Morgan fingerprint density at radius 3 is 2.52 bits per heavy atom. The van der Waals surface area contributed by atoms with Gasteiger partial charge in [-0.15, -0.1) is 0 Å². The number of aromatic nitrogens is 2. The van der Waals surface area contributed by atoms with Crippen LogP contribution in [0.15, 0.2) is 34.8 Å². The molecule has 0 fully saturated rings. The predicted octanol–water partition coefficient (Wildman–Crippen LogP) is 3.53. The molecular formula is C16H20BrN3O. The fourth-order valence-corrected chi connectivity index (χ4v) is 2.60. The largest absolute Gasteiger partial charge is 0.348 e. The molecule has 0 radical (unpaired) electrons. The van der Waals surface area contributed by atoms with Crippen LogP contribution in [0.3, 0.4) is 0 Å². The minimum Gasteiger partial charge on any atom is -0.348 e. The van der Waals surface area contributed by atoms with Gasteiger partial charge in [-0.1, -0.05) is 37.3 Å². The van der Waals surface area contributed by atoms with Crippen molar-refractivity contribution in [1.82, 2.24) is 15.1 Å². The fraction of sp³-hybridized carbons (Fsp3) is 0.375. The van der Waals surface area contributed by atoms with Crippen molar-refractivity contribution in [3.8, 4) is 0 Å². The molecule has 1 aromatic heterocycles. The monoisotopic (exact) mass is 349 g/mol. The number of nitrogens with zero attached hydrogens (tertiary/aromatic N) is 2. The lowest BCUT2D eigenvalue weighted by Gasteiger charge is -2.17. The van der Waals surface area contributed by atoms with E-state index in [-0.39, 0.29) is 18.5 Å². The standard InChI is InChI=1S/C16H20BrN3O/c1-4-14(13-8-6-5-7-9-13)18-15(21)10-20-12(3)16(17)11(2)19-20/h5-9,14H,4,10H2,1-3H3,(H,18,21). The summed E-state index contributed by atoms with van der Waals surface area (Å²) >= 11 is 3.48. The fourth-order valence-electron chi connectivity index (χ4n) is 2.31. The topological polar surface area (TPSA) is 46.9 Å². The second-order valence-corrected chi connectivity index (χ2v) is 5.87. The van der Waals surface area contributed by atoms with Crippen LogP contribution in [0.2, 0.25) is 0 Å². The molecule has 1 aromatic carbocycles. The van der Waals surface area contributed by atoms with E-state index in [0.29, 0.717) is 0 Å². The number of rotatable bonds is 5. The van der Waals surface area contributed by atoms with Gasteiger partial charge in [0.25, 0.3) is 0 Å². The number of halogens is 1. The number of carbonyl (C=O) groups excluding carboxylic acids is 1. The number of carbonyl (C=O) groups is 1. The number of amides is 1. The molecule has 1 unspecified atom stereocenters. The molecule has 0 aliphatic rings. The molecule has 1 atom stereocenters. The summed E-state index contributed by atoms with van der Waals surface area (Å²) in [6.07, 6.45) is 0.858. The molecule has 5 heteroatoms.